The minimum absolute atomic E-state index is 0.0971. The average Bonchev–Trinajstić information content (AvgIpc) is 2.45. The maximum atomic E-state index is 12.1. The van der Waals surface area contributed by atoms with Crippen molar-refractivity contribution in [2.45, 2.75) is 19.4 Å². The van der Waals surface area contributed by atoms with Crippen molar-refractivity contribution in [2.24, 2.45) is 0 Å². The predicted octanol–water partition coefficient (Wildman–Crippen LogP) is 1.83. The van der Waals surface area contributed by atoms with Crippen LogP contribution in [-0.4, -0.2) is 30.0 Å². The minimum atomic E-state index is -0.876. The second kappa shape index (κ2) is 7.18. The molecule has 0 bridgehead atoms. The third-order valence-electron chi connectivity index (χ3n) is 2.66. The first kappa shape index (κ1) is 16.4. The summed E-state index contributed by atoms with van der Waals surface area (Å²) < 4.78 is 4.61. The van der Waals surface area contributed by atoms with Gasteiger partial charge in [-0.15, -0.1) is 6.58 Å². The fourth-order valence-electron chi connectivity index (χ4n) is 1.69. The number of methoxy groups -OCH3 is 1. The molecule has 0 fully saturated rings. The Labute approximate surface area is 121 Å². The molecule has 1 N–H and O–H groups in total. The third kappa shape index (κ3) is 4.72. The maximum absolute atomic E-state index is 12.1. The fraction of sp³-hybridized carbons (Fsp3) is 0.286. The van der Waals surface area contributed by atoms with Gasteiger partial charge in [0.1, 0.15) is 6.04 Å². The van der Waals surface area contributed by atoms with Crippen molar-refractivity contribution in [2.75, 3.05) is 7.11 Å². The van der Waals surface area contributed by atoms with E-state index >= 15 is 0 Å². The summed E-state index contributed by atoms with van der Waals surface area (Å²) in [5.41, 5.74) is 0.599. The van der Waals surface area contributed by atoms with Gasteiger partial charge in [0, 0.05) is 17.7 Å². The summed E-state index contributed by atoms with van der Waals surface area (Å²) >= 11 is 0. The zero-order valence-electron chi connectivity index (χ0n) is 11.8. The van der Waals surface area contributed by atoms with Crippen LogP contribution in [0.4, 0.5) is 5.69 Å². The lowest BCUT2D eigenvalue weighted by molar-refractivity contribution is -0.384. The van der Waals surface area contributed by atoms with E-state index in [0.29, 0.717) is 5.57 Å². The number of carbonyl (C=O) groups is 2. The molecular formula is C14H16N2O5. The third-order valence-corrected chi connectivity index (χ3v) is 2.66. The Morgan fingerprint density at radius 2 is 2.14 bits per heavy atom. The normalized spacial score (nSPS) is 11.3. The summed E-state index contributed by atoms with van der Waals surface area (Å²) in [5, 5.41) is 13.2. The van der Waals surface area contributed by atoms with Crippen LogP contribution in [0.25, 0.3) is 0 Å². The van der Waals surface area contributed by atoms with E-state index in [0.717, 1.165) is 6.07 Å². The summed E-state index contributed by atoms with van der Waals surface area (Å²) in [6.07, 6.45) is 0.230. The second-order valence-corrected chi connectivity index (χ2v) is 4.52. The number of ether oxygens (including phenoxy) is 1. The van der Waals surface area contributed by atoms with Gasteiger partial charge >= 0.3 is 5.97 Å². The van der Waals surface area contributed by atoms with Gasteiger partial charge in [-0.25, -0.2) is 4.79 Å². The molecule has 1 rings (SSSR count). The number of esters is 1. The van der Waals surface area contributed by atoms with E-state index in [9.17, 15) is 19.7 Å². The first-order chi connectivity index (χ1) is 9.85. The van der Waals surface area contributed by atoms with Gasteiger partial charge in [0.15, 0.2) is 0 Å². The smallest absolute Gasteiger partial charge is 0.328 e. The van der Waals surface area contributed by atoms with Crippen LogP contribution in [0.2, 0.25) is 0 Å². The number of rotatable bonds is 6. The number of nitro benzene ring substituents is 1. The Hall–Kier alpha value is -2.70. The van der Waals surface area contributed by atoms with E-state index in [1.165, 1.54) is 25.3 Å². The molecule has 7 nitrogen and oxygen atoms in total. The van der Waals surface area contributed by atoms with Gasteiger partial charge in [-0.1, -0.05) is 11.6 Å². The molecule has 1 atom stereocenters. The molecule has 112 valence electrons. The van der Waals surface area contributed by atoms with E-state index in [1.54, 1.807) is 6.92 Å². The summed E-state index contributed by atoms with van der Waals surface area (Å²) in [6.45, 7) is 5.40. The highest BCUT2D eigenvalue weighted by molar-refractivity contribution is 5.97. The van der Waals surface area contributed by atoms with Crippen LogP contribution >= 0.6 is 0 Å². The number of nitrogens with one attached hydrogen (secondary N) is 1. The van der Waals surface area contributed by atoms with Crippen molar-refractivity contribution in [3.8, 4) is 0 Å². The number of amides is 1. The van der Waals surface area contributed by atoms with E-state index in [2.05, 4.69) is 16.6 Å². The van der Waals surface area contributed by atoms with Gasteiger partial charge in [0.2, 0.25) is 0 Å². The molecular weight excluding hydrogens is 276 g/mol. The van der Waals surface area contributed by atoms with E-state index in [4.69, 9.17) is 0 Å². The SMILES string of the molecule is C=C(C)C[C@@H](NC(=O)c1cccc([N+](=O)[O-])c1)C(=O)OC. The molecule has 1 aromatic carbocycles. The highest BCUT2D eigenvalue weighted by Crippen LogP contribution is 2.13. The van der Waals surface area contributed by atoms with Crippen molar-refractivity contribution >= 4 is 17.6 Å². The van der Waals surface area contributed by atoms with Gasteiger partial charge < -0.3 is 10.1 Å². The lowest BCUT2D eigenvalue weighted by Crippen LogP contribution is -2.41. The molecule has 0 aliphatic heterocycles. The van der Waals surface area contributed by atoms with Crippen LogP contribution in [-0.2, 0) is 9.53 Å². The number of nitro groups is 1. The monoisotopic (exact) mass is 292 g/mol. The van der Waals surface area contributed by atoms with Gasteiger partial charge in [-0.2, -0.15) is 0 Å². The molecule has 0 saturated carbocycles. The number of nitrogens with zero attached hydrogens (tertiary/aromatic N) is 1. The van der Waals surface area contributed by atoms with Gasteiger partial charge in [0.25, 0.3) is 11.6 Å². The summed E-state index contributed by atoms with van der Waals surface area (Å²) in [4.78, 5) is 33.8. The first-order valence-corrected chi connectivity index (χ1v) is 6.12. The van der Waals surface area contributed by atoms with Crippen molar-refractivity contribution in [1.82, 2.24) is 5.32 Å². The fourth-order valence-corrected chi connectivity index (χ4v) is 1.69. The van der Waals surface area contributed by atoms with Crippen LogP contribution < -0.4 is 5.32 Å². The van der Waals surface area contributed by atoms with Crippen LogP contribution in [0.1, 0.15) is 23.7 Å². The summed E-state index contributed by atoms with van der Waals surface area (Å²) in [7, 11) is 1.22. The minimum Gasteiger partial charge on any atom is -0.467 e. The number of hydrogen-bond donors (Lipinski definition) is 1. The van der Waals surface area contributed by atoms with E-state index in [1.807, 2.05) is 0 Å². The van der Waals surface area contributed by atoms with E-state index < -0.39 is 22.8 Å². The number of carbonyl (C=O) groups excluding carboxylic acids is 2. The Bertz CT molecular complexity index is 582. The van der Waals surface area contributed by atoms with Gasteiger partial charge in [-0.3, -0.25) is 14.9 Å². The Morgan fingerprint density at radius 3 is 2.67 bits per heavy atom. The molecule has 0 aliphatic carbocycles. The lowest BCUT2D eigenvalue weighted by Gasteiger charge is -2.16. The Kier molecular flexibility index (Phi) is 5.59. The highest BCUT2D eigenvalue weighted by atomic mass is 16.6. The number of non-ortho nitro benzene ring substituents is 1. The molecule has 0 saturated heterocycles. The number of benzene rings is 1. The molecule has 0 aliphatic rings. The van der Waals surface area contributed by atoms with Gasteiger partial charge in [-0.05, 0) is 19.4 Å². The average molecular weight is 292 g/mol. The maximum Gasteiger partial charge on any atom is 0.328 e. The summed E-state index contributed by atoms with van der Waals surface area (Å²) in [5.74, 6) is -1.19. The quantitative estimate of drug-likeness (QED) is 0.373. The van der Waals surface area contributed by atoms with Crippen LogP contribution in [0.15, 0.2) is 36.4 Å². The summed E-state index contributed by atoms with van der Waals surface area (Å²) in [6, 6.07) is 4.38. The second-order valence-electron chi connectivity index (χ2n) is 4.52. The Morgan fingerprint density at radius 1 is 1.48 bits per heavy atom. The Balaban J connectivity index is 2.91. The van der Waals surface area contributed by atoms with Crippen molar-refractivity contribution in [1.29, 1.82) is 0 Å². The largest absolute Gasteiger partial charge is 0.467 e. The van der Waals surface area contributed by atoms with Crippen LogP contribution in [0.5, 0.6) is 0 Å². The van der Waals surface area contributed by atoms with Crippen LogP contribution in [0, 0.1) is 10.1 Å². The molecule has 0 aromatic heterocycles. The molecule has 1 amide bonds. The molecule has 21 heavy (non-hydrogen) atoms. The van der Waals surface area contributed by atoms with E-state index in [-0.39, 0.29) is 17.7 Å². The molecule has 0 spiro atoms. The zero-order chi connectivity index (χ0) is 16.0. The molecule has 0 heterocycles. The standard InChI is InChI=1S/C14H16N2O5/c1-9(2)7-12(14(18)21-3)15-13(17)10-5-4-6-11(8-10)16(19)20/h4-6,8,12H,1,7H2,2-3H3,(H,15,17)/t12-/m1/s1. The molecule has 0 unspecified atom stereocenters. The highest BCUT2D eigenvalue weighted by Gasteiger charge is 2.22. The van der Waals surface area contributed by atoms with Gasteiger partial charge in [0.05, 0.1) is 12.0 Å². The van der Waals surface area contributed by atoms with Crippen molar-refractivity contribution < 1.29 is 19.2 Å². The molecule has 7 heteroatoms. The van der Waals surface area contributed by atoms with Crippen molar-refractivity contribution in [3.63, 3.8) is 0 Å². The van der Waals surface area contributed by atoms with Crippen molar-refractivity contribution in [3.05, 3.63) is 52.1 Å². The topological polar surface area (TPSA) is 98.5 Å². The molecule has 1 aromatic rings. The van der Waals surface area contributed by atoms with Crippen LogP contribution in [0.3, 0.4) is 0 Å². The first-order valence-electron chi connectivity index (χ1n) is 6.12. The zero-order valence-corrected chi connectivity index (χ0v) is 11.8. The predicted molar refractivity (Wildman–Crippen MR) is 75.8 cm³/mol. The number of hydrogen-bond acceptors (Lipinski definition) is 5. The molecule has 0 radical (unpaired) electrons. The lowest BCUT2D eigenvalue weighted by atomic mass is 10.1.